The molecule has 6 heteroatoms. The molecule has 6 nitrogen and oxygen atoms in total. The van der Waals surface area contributed by atoms with Gasteiger partial charge in [0.15, 0.2) is 0 Å². The third-order valence-corrected chi connectivity index (χ3v) is 4.09. The summed E-state index contributed by atoms with van der Waals surface area (Å²) in [5.74, 6) is -0.818. The van der Waals surface area contributed by atoms with Crippen LogP contribution >= 0.6 is 0 Å². The SMILES string of the molecule is CCN(Cc1ccccn1)C(=O)NCC1(C(=O)O)CCC1. The predicted octanol–water partition coefficient (Wildman–Crippen LogP) is 1.87. The first-order chi connectivity index (χ1) is 10.1. The Kier molecular flexibility index (Phi) is 4.77. The minimum atomic E-state index is -0.818. The first kappa shape index (κ1) is 15.3. The number of carboxylic acids is 1. The van der Waals surface area contributed by atoms with E-state index in [1.165, 1.54) is 0 Å². The molecule has 0 bridgehead atoms. The van der Waals surface area contributed by atoms with Gasteiger partial charge < -0.3 is 15.3 Å². The molecule has 1 aromatic rings. The Hall–Kier alpha value is -2.11. The quantitative estimate of drug-likeness (QED) is 0.838. The molecule has 1 aromatic heterocycles. The Labute approximate surface area is 124 Å². The number of urea groups is 1. The lowest BCUT2D eigenvalue weighted by Crippen LogP contribution is -2.50. The minimum Gasteiger partial charge on any atom is -0.481 e. The van der Waals surface area contributed by atoms with E-state index in [2.05, 4.69) is 10.3 Å². The van der Waals surface area contributed by atoms with Gasteiger partial charge in [0.1, 0.15) is 0 Å². The maximum absolute atomic E-state index is 12.2. The Morgan fingerprint density at radius 3 is 2.67 bits per heavy atom. The van der Waals surface area contributed by atoms with Gasteiger partial charge in [-0.2, -0.15) is 0 Å². The normalized spacial score (nSPS) is 15.9. The summed E-state index contributed by atoms with van der Waals surface area (Å²) >= 11 is 0. The van der Waals surface area contributed by atoms with Crippen LogP contribution in [-0.4, -0.2) is 40.1 Å². The number of pyridine rings is 1. The fourth-order valence-corrected chi connectivity index (χ4v) is 2.44. The first-order valence-electron chi connectivity index (χ1n) is 7.23. The summed E-state index contributed by atoms with van der Waals surface area (Å²) in [4.78, 5) is 29.3. The number of carboxylic acid groups (broad SMARTS) is 1. The van der Waals surface area contributed by atoms with Crippen molar-refractivity contribution in [1.29, 1.82) is 0 Å². The van der Waals surface area contributed by atoms with E-state index in [4.69, 9.17) is 0 Å². The zero-order valence-corrected chi connectivity index (χ0v) is 12.2. The molecular formula is C15H21N3O3. The molecule has 0 spiro atoms. The molecule has 0 aromatic carbocycles. The van der Waals surface area contributed by atoms with Crippen molar-refractivity contribution in [2.75, 3.05) is 13.1 Å². The van der Waals surface area contributed by atoms with Gasteiger partial charge in [-0.3, -0.25) is 9.78 Å². The fraction of sp³-hybridized carbons (Fsp3) is 0.533. The topological polar surface area (TPSA) is 82.5 Å². The zero-order chi connectivity index (χ0) is 15.3. The van der Waals surface area contributed by atoms with Gasteiger partial charge in [-0.1, -0.05) is 12.5 Å². The molecule has 2 amide bonds. The van der Waals surface area contributed by atoms with Crippen LogP contribution in [0, 0.1) is 5.41 Å². The van der Waals surface area contributed by atoms with Crippen molar-refractivity contribution in [2.45, 2.75) is 32.7 Å². The molecule has 0 atom stereocenters. The van der Waals surface area contributed by atoms with Gasteiger partial charge in [-0.05, 0) is 31.9 Å². The second-order valence-electron chi connectivity index (χ2n) is 5.43. The van der Waals surface area contributed by atoms with E-state index in [1.54, 1.807) is 11.1 Å². The van der Waals surface area contributed by atoms with E-state index in [-0.39, 0.29) is 12.6 Å². The number of carbonyl (C=O) groups is 2. The highest BCUT2D eigenvalue weighted by Crippen LogP contribution is 2.40. The van der Waals surface area contributed by atoms with Gasteiger partial charge in [-0.15, -0.1) is 0 Å². The smallest absolute Gasteiger partial charge is 0.317 e. The van der Waals surface area contributed by atoms with E-state index in [0.29, 0.717) is 25.9 Å². The van der Waals surface area contributed by atoms with Crippen molar-refractivity contribution in [3.05, 3.63) is 30.1 Å². The second-order valence-corrected chi connectivity index (χ2v) is 5.43. The monoisotopic (exact) mass is 291 g/mol. The summed E-state index contributed by atoms with van der Waals surface area (Å²) in [6.45, 7) is 3.05. The molecule has 0 aliphatic heterocycles. The average Bonchev–Trinajstić information content (AvgIpc) is 2.44. The van der Waals surface area contributed by atoms with Crippen molar-refractivity contribution in [2.24, 2.45) is 5.41 Å². The summed E-state index contributed by atoms with van der Waals surface area (Å²) in [7, 11) is 0. The third-order valence-electron chi connectivity index (χ3n) is 4.09. The highest BCUT2D eigenvalue weighted by molar-refractivity contribution is 5.78. The van der Waals surface area contributed by atoms with E-state index < -0.39 is 11.4 Å². The molecule has 1 heterocycles. The van der Waals surface area contributed by atoms with Crippen LogP contribution in [0.25, 0.3) is 0 Å². The standard InChI is InChI=1S/C15H21N3O3/c1-2-18(10-12-6-3-4-9-16-12)14(21)17-11-15(13(19)20)7-5-8-15/h3-4,6,9H,2,5,7-8,10-11H2,1H3,(H,17,21)(H,19,20). The molecule has 0 unspecified atom stereocenters. The molecule has 0 saturated heterocycles. The molecule has 1 saturated carbocycles. The molecule has 1 aliphatic rings. The van der Waals surface area contributed by atoms with Crippen LogP contribution in [0.4, 0.5) is 4.79 Å². The first-order valence-corrected chi connectivity index (χ1v) is 7.23. The van der Waals surface area contributed by atoms with E-state index in [0.717, 1.165) is 12.1 Å². The lowest BCUT2D eigenvalue weighted by Gasteiger charge is -2.38. The number of hydrogen-bond donors (Lipinski definition) is 2. The average molecular weight is 291 g/mol. The molecule has 1 aliphatic carbocycles. The molecule has 1 fully saturated rings. The van der Waals surface area contributed by atoms with Crippen molar-refractivity contribution >= 4 is 12.0 Å². The van der Waals surface area contributed by atoms with E-state index in [9.17, 15) is 14.7 Å². The maximum atomic E-state index is 12.2. The Morgan fingerprint density at radius 1 is 1.43 bits per heavy atom. The van der Waals surface area contributed by atoms with Crippen molar-refractivity contribution < 1.29 is 14.7 Å². The van der Waals surface area contributed by atoms with Gasteiger partial charge in [0.2, 0.25) is 0 Å². The lowest BCUT2D eigenvalue weighted by molar-refractivity contribution is -0.153. The molecule has 2 N–H and O–H groups in total. The number of nitrogens with zero attached hydrogens (tertiary/aromatic N) is 2. The second kappa shape index (κ2) is 6.56. The van der Waals surface area contributed by atoms with Crippen LogP contribution in [0.5, 0.6) is 0 Å². The van der Waals surface area contributed by atoms with Crippen molar-refractivity contribution in [3.8, 4) is 0 Å². The number of nitrogens with one attached hydrogen (secondary N) is 1. The number of rotatable bonds is 6. The Balaban J connectivity index is 1.90. The van der Waals surface area contributed by atoms with Gasteiger partial charge in [0, 0.05) is 19.3 Å². The Morgan fingerprint density at radius 2 is 2.19 bits per heavy atom. The van der Waals surface area contributed by atoms with Gasteiger partial charge >= 0.3 is 12.0 Å². The number of amides is 2. The van der Waals surface area contributed by atoms with Crippen LogP contribution in [-0.2, 0) is 11.3 Å². The van der Waals surface area contributed by atoms with Crippen LogP contribution < -0.4 is 5.32 Å². The summed E-state index contributed by atoms with van der Waals surface area (Å²) in [6, 6.07) is 5.32. The van der Waals surface area contributed by atoms with Crippen molar-refractivity contribution in [3.63, 3.8) is 0 Å². The van der Waals surface area contributed by atoms with E-state index >= 15 is 0 Å². The highest BCUT2D eigenvalue weighted by atomic mass is 16.4. The number of aliphatic carboxylic acids is 1. The summed E-state index contributed by atoms with van der Waals surface area (Å²) in [6.07, 6.45) is 3.87. The number of hydrogen-bond acceptors (Lipinski definition) is 3. The number of carbonyl (C=O) groups excluding carboxylic acids is 1. The van der Waals surface area contributed by atoms with Gasteiger partial charge in [0.25, 0.3) is 0 Å². The maximum Gasteiger partial charge on any atom is 0.317 e. The van der Waals surface area contributed by atoms with Crippen LogP contribution in [0.3, 0.4) is 0 Å². The van der Waals surface area contributed by atoms with Gasteiger partial charge in [-0.25, -0.2) is 4.79 Å². The van der Waals surface area contributed by atoms with Crippen molar-refractivity contribution in [1.82, 2.24) is 15.2 Å². The third kappa shape index (κ3) is 3.51. The minimum absolute atomic E-state index is 0.194. The largest absolute Gasteiger partial charge is 0.481 e. The van der Waals surface area contributed by atoms with Crippen LogP contribution in [0.2, 0.25) is 0 Å². The number of aromatic nitrogens is 1. The van der Waals surface area contributed by atoms with Gasteiger partial charge in [0.05, 0.1) is 17.7 Å². The molecular weight excluding hydrogens is 270 g/mol. The summed E-state index contributed by atoms with van der Waals surface area (Å²) in [5.41, 5.74) is 0.0474. The lowest BCUT2D eigenvalue weighted by atomic mass is 9.69. The summed E-state index contributed by atoms with van der Waals surface area (Å²) in [5, 5.41) is 12.0. The highest BCUT2D eigenvalue weighted by Gasteiger charge is 2.44. The molecule has 2 rings (SSSR count). The van der Waals surface area contributed by atoms with E-state index in [1.807, 2.05) is 25.1 Å². The molecule has 114 valence electrons. The van der Waals surface area contributed by atoms with Crippen LogP contribution in [0.15, 0.2) is 24.4 Å². The molecule has 21 heavy (non-hydrogen) atoms. The zero-order valence-electron chi connectivity index (χ0n) is 12.2. The molecule has 0 radical (unpaired) electrons. The van der Waals surface area contributed by atoms with Crippen LogP contribution in [0.1, 0.15) is 31.9 Å². The summed E-state index contributed by atoms with van der Waals surface area (Å²) < 4.78 is 0. The predicted molar refractivity (Wildman–Crippen MR) is 77.6 cm³/mol. The Bertz CT molecular complexity index is 500. The fourth-order valence-electron chi connectivity index (χ4n) is 2.44.